The summed E-state index contributed by atoms with van der Waals surface area (Å²) in [6.45, 7) is 0. The SMILES string of the molecule is Bc1c(B)c(B)c2c(-c3cccc(-c4ccc5ccccc5c4)c3)c3c(O)c(O)c(O)c(O)c3c(-c3ccccc3)c2c1B. The summed E-state index contributed by atoms with van der Waals surface area (Å²) < 4.78 is 0. The molecule has 7 aromatic carbocycles. The van der Waals surface area contributed by atoms with Gasteiger partial charge in [-0.3, -0.25) is 0 Å². The third-order valence-corrected chi connectivity index (χ3v) is 9.38. The number of rotatable bonds is 3. The Kier molecular flexibility index (Phi) is 6.40. The lowest BCUT2D eigenvalue weighted by molar-refractivity contribution is 0.351. The van der Waals surface area contributed by atoms with Crippen molar-refractivity contribution in [2.45, 2.75) is 0 Å². The zero-order valence-corrected chi connectivity index (χ0v) is 25.0. The highest BCUT2D eigenvalue weighted by atomic mass is 16.3. The summed E-state index contributed by atoms with van der Waals surface area (Å²) in [5, 5.41) is 49.6. The largest absolute Gasteiger partial charge is 0.504 e. The molecule has 4 N–H and O–H groups in total. The fourth-order valence-corrected chi connectivity index (χ4v) is 6.78. The van der Waals surface area contributed by atoms with Crippen molar-refractivity contribution in [1.82, 2.24) is 0 Å². The number of fused-ring (bicyclic) bond motifs is 3. The zero-order valence-electron chi connectivity index (χ0n) is 25.0. The van der Waals surface area contributed by atoms with Crippen LogP contribution in [-0.2, 0) is 0 Å². The van der Waals surface area contributed by atoms with Crippen molar-refractivity contribution in [3.8, 4) is 56.4 Å². The van der Waals surface area contributed by atoms with Crippen LogP contribution in [0.15, 0.2) is 97.1 Å². The summed E-state index contributed by atoms with van der Waals surface area (Å²) in [5.74, 6) is -2.45. The zero-order chi connectivity index (χ0) is 30.9. The van der Waals surface area contributed by atoms with Crippen LogP contribution in [0.2, 0.25) is 0 Å². The minimum absolute atomic E-state index is 0.283. The summed E-state index contributed by atoms with van der Waals surface area (Å²) in [5.41, 5.74) is 9.41. The van der Waals surface area contributed by atoms with Crippen LogP contribution in [0, 0.1) is 0 Å². The molecule has 4 nitrogen and oxygen atoms in total. The molecule has 7 aromatic rings. The Morgan fingerprint density at radius 1 is 0.341 bits per heavy atom. The fourth-order valence-electron chi connectivity index (χ4n) is 6.78. The van der Waals surface area contributed by atoms with E-state index in [2.05, 4.69) is 73.8 Å². The second-order valence-electron chi connectivity index (χ2n) is 11.7. The summed E-state index contributed by atoms with van der Waals surface area (Å²) in [6, 6.07) is 32.4. The van der Waals surface area contributed by atoms with Crippen molar-refractivity contribution in [2.75, 3.05) is 0 Å². The predicted octanol–water partition coefficient (Wildman–Crippen LogP) is 2.00. The Morgan fingerprint density at radius 2 is 0.818 bits per heavy atom. The minimum Gasteiger partial charge on any atom is -0.504 e. The average Bonchev–Trinajstić information content (AvgIpc) is 3.06. The summed E-state index contributed by atoms with van der Waals surface area (Å²) in [6.07, 6.45) is 0. The van der Waals surface area contributed by atoms with Gasteiger partial charge in [-0.2, -0.15) is 0 Å². The van der Waals surface area contributed by atoms with Gasteiger partial charge in [-0.15, -0.1) is 10.9 Å². The van der Waals surface area contributed by atoms with Gasteiger partial charge in [0.1, 0.15) is 31.4 Å². The second-order valence-corrected chi connectivity index (χ2v) is 11.7. The molecular formula is C36H28B4O4. The van der Waals surface area contributed by atoms with Crippen LogP contribution in [0.5, 0.6) is 23.0 Å². The van der Waals surface area contributed by atoms with Crippen molar-refractivity contribution < 1.29 is 20.4 Å². The molecule has 0 aliphatic heterocycles. The van der Waals surface area contributed by atoms with E-state index in [-0.39, 0.29) is 10.8 Å². The molecule has 0 saturated carbocycles. The molecule has 0 saturated heterocycles. The standard InChI is InChI=1S/C36H28B4O4/c37-29-25-23(18-8-2-1-3-9-18)27-28(34(42)36(44)35(43)33(27)41)24(26(25)30(38)32(40)31(29)39)22-12-6-11-20(16-22)21-14-13-17-7-4-5-10-19(17)15-21/h1-16,41-44H,37-40H2. The fraction of sp³-hybridized carbons (Fsp3) is 0. The van der Waals surface area contributed by atoms with Crippen LogP contribution in [0.25, 0.3) is 65.7 Å². The summed E-state index contributed by atoms with van der Waals surface area (Å²) in [7, 11) is 8.36. The molecule has 0 aliphatic rings. The first-order chi connectivity index (χ1) is 21.2. The number of hydrogen-bond donors (Lipinski definition) is 4. The lowest BCUT2D eigenvalue weighted by Gasteiger charge is -2.25. The topological polar surface area (TPSA) is 80.9 Å². The highest BCUT2D eigenvalue weighted by Crippen LogP contribution is 2.56. The number of aromatic hydroxyl groups is 4. The lowest BCUT2D eigenvalue weighted by Crippen LogP contribution is -2.48. The molecule has 0 radical (unpaired) electrons. The van der Waals surface area contributed by atoms with E-state index in [4.69, 9.17) is 0 Å². The van der Waals surface area contributed by atoms with Crippen LogP contribution in [-0.4, -0.2) is 51.8 Å². The summed E-state index contributed by atoms with van der Waals surface area (Å²) >= 11 is 0. The molecule has 0 bridgehead atoms. The normalized spacial score (nSPS) is 11.5. The van der Waals surface area contributed by atoms with E-state index < -0.39 is 23.0 Å². The van der Waals surface area contributed by atoms with E-state index in [1.54, 1.807) is 0 Å². The van der Waals surface area contributed by atoms with Crippen LogP contribution >= 0.6 is 0 Å². The molecule has 208 valence electrons. The minimum atomic E-state index is -0.751. The number of hydrogen-bond acceptors (Lipinski definition) is 4. The maximum Gasteiger partial charge on any atom is 0.204 e. The smallest absolute Gasteiger partial charge is 0.204 e. The van der Waals surface area contributed by atoms with Gasteiger partial charge >= 0.3 is 0 Å². The average molecular weight is 568 g/mol. The quantitative estimate of drug-likeness (QED) is 0.114. The van der Waals surface area contributed by atoms with E-state index in [0.717, 1.165) is 65.6 Å². The van der Waals surface area contributed by atoms with Crippen molar-refractivity contribution in [3.05, 3.63) is 97.1 Å². The number of benzene rings is 7. The van der Waals surface area contributed by atoms with Crippen molar-refractivity contribution in [2.24, 2.45) is 0 Å². The Hall–Kier alpha value is -5.22. The van der Waals surface area contributed by atoms with Crippen LogP contribution in [0.1, 0.15) is 0 Å². The van der Waals surface area contributed by atoms with Gasteiger partial charge < -0.3 is 20.4 Å². The third-order valence-electron chi connectivity index (χ3n) is 9.38. The predicted molar refractivity (Wildman–Crippen MR) is 195 cm³/mol. The van der Waals surface area contributed by atoms with E-state index in [0.29, 0.717) is 11.1 Å². The lowest BCUT2D eigenvalue weighted by atomic mass is 9.62. The first-order valence-electron chi connectivity index (χ1n) is 14.7. The number of phenols is 4. The molecule has 0 atom stereocenters. The highest BCUT2D eigenvalue weighted by Gasteiger charge is 2.29. The van der Waals surface area contributed by atoms with Crippen LogP contribution in [0.4, 0.5) is 0 Å². The summed E-state index contributed by atoms with van der Waals surface area (Å²) in [4.78, 5) is 0. The number of phenolic OH excluding ortho intramolecular Hbond substituents is 4. The molecule has 44 heavy (non-hydrogen) atoms. The van der Waals surface area contributed by atoms with Gasteiger partial charge in [0, 0.05) is 21.9 Å². The van der Waals surface area contributed by atoms with Crippen LogP contribution in [0.3, 0.4) is 0 Å². The van der Waals surface area contributed by atoms with Gasteiger partial charge in [-0.05, 0) is 55.9 Å². The molecule has 0 aliphatic carbocycles. The van der Waals surface area contributed by atoms with Gasteiger partial charge in [-0.1, -0.05) is 95.9 Å². The molecule has 8 heteroatoms. The first kappa shape index (κ1) is 27.6. The van der Waals surface area contributed by atoms with Gasteiger partial charge in [0.25, 0.3) is 0 Å². The maximum absolute atomic E-state index is 11.6. The van der Waals surface area contributed by atoms with Crippen molar-refractivity contribution in [3.63, 3.8) is 0 Å². The van der Waals surface area contributed by atoms with Gasteiger partial charge in [0.05, 0.1) is 0 Å². The molecule has 0 amide bonds. The first-order valence-corrected chi connectivity index (χ1v) is 14.7. The van der Waals surface area contributed by atoms with E-state index in [9.17, 15) is 20.4 Å². The van der Waals surface area contributed by atoms with Crippen molar-refractivity contribution in [1.29, 1.82) is 0 Å². The molecule has 0 unspecified atom stereocenters. The Balaban J connectivity index is 1.70. The molecule has 0 fully saturated rings. The monoisotopic (exact) mass is 568 g/mol. The Labute approximate surface area is 258 Å². The maximum atomic E-state index is 11.6. The van der Waals surface area contributed by atoms with Gasteiger partial charge in [0.2, 0.25) is 11.5 Å². The molecule has 0 aromatic heterocycles. The highest BCUT2D eigenvalue weighted by molar-refractivity contribution is 6.68. The van der Waals surface area contributed by atoms with E-state index >= 15 is 0 Å². The van der Waals surface area contributed by atoms with Crippen LogP contribution < -0.4 is 21.9 Å². The van der Waals surface area contributed by atoms with Crippen molar-refractivity contribution >= 4 is 85.6 Å². The Bertz CT molecular complexity index is 2240. The van der Waals surface area contributed by atoms with E-state index in [1.165, 1.54) is 0 Å². The second kappa shape index (κ2) is 10.2. The third kappa shape index (κ3) is 3.98. The molecule has 7 rings (SSSR count). The molecule has 0 spiro atoms. The molecular weight excluding hydrogens is 540 g/mol. The van der Waals surface area contributed by atoms with Gasteiger partial charge in [0.15, 0.2) is 11.5 Å². The Morgan fingerprint density at radius 3 is 1.43 bits per heavy atom. The molecule has 0 heterocycles. The van der Waals surface area contributed by atoms with Gasteiger partial charge in [-0.25, -0.2) is 0 Å². The van der Waals surface area contributed by atoms with E-state index in [1.807, 2.05) is 54.6 Å².